The van der Waals surface area contributed by atoms with Gasteiger partial charge in [0.15, 0.2) is 11.6 Å². The third kappa shape index (κ3) is 2.90. The molecule has 0 aromatic heterocycles. The monoisotopic (exact) mass is 334 g/mol. The Labute approximate surface area is 119 Å². The van der Waals surface area contributed by atoms with Gasteiger partial charge in [-0.15, -0.1) is 0 Å². The summed E-state index contributed by atoms with van der Waals surface area (Å²) in [7, 11) is 0. The standard InChI is InChI=1S/C13H17BrF2N2O/c1-2-10(18-5-3-17-4-6-18)8-7-9(14)11(15)12(16)13(8)19/h7,10,17,19H,2-6H2,1H3/t10-/m0/s1. The van der Waals surface area contributed by atoms with Crippen molar-refractivity contribution in [1.82, 2.24) is 10.2 Å². The molecule has 106 valence electrons. The summed E-state index contributed by atoms with van der Waals surface area (Å²) in [6.07, 6.45) is 0.727. The lowest BCUT2D eigenvalue weighted by Crippen LogP contribution is -2.45. The topological polar surface area (TPSA) is 35.5 Å². The molecule has 1 aromatic rings. The normalized spacial score (nSPS) is 18.5. The quantitative estimate of drug-likeness (QED) is 0.834. The number of halogens is 3. The molecule has 1 aliphatic heterocycles. The number of phenolic OH excluding ortho intramolecular Hbond substituents is 1. The SMILES string of the molecule is CC[C@@H](c1cc(Br)c(F)c(F)c1O)N1CCNCC1. The van der Waals surface area contributed by atoms with Crippen LogP contribution in [-0.2, 0) is 0 Å². The van der Waals surface area contributed by atoms with Gasteiger partial charge in [0, 0.05) is 37.8 Å². The summed E-state index contributed by atoms with van der Waals surface area (Å²) in [5.74, 6) is -2.81. The first-order valence-electron chi connectivity index (χ1n) is 6.37. The molecule has 6 heteroatoms. The number of nitrogens with zero attached hydrogens (tertiary/aromatic N) is 1. The Morgan fingerprint density at radius 1 is 1.37 bits per heavy atom. The third-order valence-electron chi connectivity index (χ3n) is 3.50. The van der Waals surface area contributed by atoms with E-state index in [2.05, 4.69) is 26.1 Å². The molecule has 1 aliphatic rings. The van der Waals surface area contributed by atoms with E-state index in [1.807, 2.05) is 6.92 Å². The van der Waals surface area contributed by atoms with Crippen LogP contribution in [0.5, 0.6) is 5.75 Å². The Kier molecular flexibility index (Phi) is 4.76. The minimum atomic E-state index is -1.18. The zero-order chi connectivity index (χ0) is 14.0. The van der Waals surface area contributed by atoms with Gasteiger partial charge >= 0.3 is 0 Å². The highest BCUT2D eigenvalue weighted by Gasteiger charge is 2.26. The molecule has 0 aliphatic carbocycles. The molecule has 1 aromatic carbocycles. The Morgan fingerprint density at radius 2 is 2.00 bits per heavy atom. The fourth-order valence-corrected chi connectivity index (χ4v) is 2.95. The highest BCUT2D eigenvalue weighted by Crippen LogP contribution is 2.37. The molecular formula is C13H17BrF2N2O. The van der Waals surface area contributed by atoms with E-state index in [1.165, 1.54) is 6.07 Å². The van der Waals surface area contributed by atoms with Gasteiger partial charge in [-0.3, -0.25) is 4.90 Å². The van der Waals surface area contributed by atoms with Crippen molar-refractivity contribution < 1.29 is 13.9 Å². The van der Waals surface area contributed by atoms with E-state index in [0.29, 0.717) is 5.56 Å². The van der Waals surface area contributed by atoms with E-state index >= 15 is 0 Å². The second-order valence-electron chi connectivity index (χ2n) is 4.63. The Balaban J connectivity index is 2.37. The smallest absolute Gasteiger partial charge is 0.201 e. The molecule has 1 atom stereocenters. The highest BCUT2D eigenvalue weighted by atomic mass is 79.9. The average molecular weight is 335 g/mol. The van der Waals surface area contributed by atoms with Gasteiger partial charge in [-0.05, 0) is 28.4 Å². The molecule has 0 radical (unpaired) electrons. The van der Waals surface area contributed by atoms with Crippen LogP contribution in [0.2, 0.25) is 0 Å². The number of hydrogen-bond donors (Lipinski definition) is 2. The van der Waals surface area contributed by atoms with Crippen molar-refractivity contribution in [3.63, 3.8) is 0 Å². The first-order valence-corrected chi connectivity index (χ1v) is 7.16. The Bertz CT molecular complexity index is 464. The Morgan fingerprint density at radius 3 is 2.58 bits per heavy atom. The van der Waals surface area contributed by atoms with Gasteiger partial charge in [0.2, 0.25) is 5.82 Å². The number of nitrogens with one attached hydrogen (secondary N) is 1. The van der Waals surface area contributed by atoms with Crippen molar-refractivity contribution >= 4 is 15.9 Å². The van der Waals surface area contributed by atoms with E-state index in [1.54, 1.807) is 0 Å². The van der Waals surface area contributed by atoms with E-state index < -0.39 is 17.4 Å². The highest BCUT2D eigenvalue weighted by molar-refractivity contribution is 9.10. The number of benzene rings is 1. The molecule has 1 heterocycles. The van der Waals surface area contributed by atoms with Crippen LogP contribution in [0.25, 0.3) is 0 Å². The summed E-state index contributed by atoms with van der Waals surface area (Å²) in [6, 6.07) is 1.37. The van der Waals surface area contributed by atoms with Gasteiger partial charge in [-0.25, -0.2) is 4.39 Å². The van der Waals surface area contributed by atoms with E-state index in [-0.39, 0.29) is 10.5 Å². The second-order valence-corrected chi connectivity index (χ2v) is 5.49. The largest absolute Gasteiger partial charge is 0.505 e. The molecule has 0 bridgehead atoms. The summed E-state index contributed by atoms with van der Waals surface area (Å²) >= 11 is 3.00. The van der Waals surface area contributed by atoms with E-state index in [9.17, 15) is 13.9 Å². The zero-order valence-electron chi connectivity index (χ0n) is 10.7. The van der Waals surface area contributed by atoms with Gasteiger partial charge in [0.25, 0.3) is 0 Å². The van der Waals surface area contributed by atoms with E-state index in [0.717, 1.165) is 32.6 Å². The minimum absolute atomic E-state index is 0.0476. The first-order chi connectivity index (χ1) is 9.06. The van der Waals surface area contributed by atoms with Gasteiger partial charge in [0.05, 0.1) is 4.47 Å². The van der Waals surface area contributed by atoms with Crippen LogP contribution < -0.4 is 5.32 Å². The number of hydrogen-bond acceptors (Lipinski definition) is 3. The van der Waals surface area contributed by atoms with Gasteiger partial charge in [-0.1, -0.05) is 6.92 Å². The lowest BCUT2D eigenvalue weighted by atomic mass is 10.0. The molecule has 0 spiro atoms. The summed E-state index contributed by atoms with van der Waals surface area (Å²) in [5, 5.41) is 13.1. The van der Waals surface area contributed by atoms with Crippen LogP contribution in [0, 0.1) is 11.6 Å². The molecule has 19 heavy (non-hydrogen) atoms. The van der Waals surface area contributed by atoms with Gasteiger partial charge in [-0.2, -0.15) is 4.39 Å². The maximum absolute atomic E-state index is 13.6. The Hall–Kier alpha value is -0.720. The van der Waals surface area contributed by atoms with Crippen molar-refractivity contribution in [2.75, 3.05) is 26.2 Å². The van der Waals surface area contributed by atoms with Gasteiger partial charge in [0.1, 0.15) is 0 Å². The molecular weight excluding hydrogens is 318 g/mol. The number of phenols is 1. The first kappa shape index (κ1) is 14.7. The fraction of sp³-hybridized carbons (Fsp3) is 0.538. The number of rotatable bonds is 3. The maximum atomic E-state index is 13.6. The van der Waals surface area contributed by atoms with Crippen LogP contribution in [-0.4, -0.2) is 36.2 Å². The molecule has 2 N–H and O–H groups in total. The predicted molar refractivity (Wildman–Crippen MR) is 73.2 cm³/mol. The predicted octanol–water partition coefficient (Wildman–Crippen LogP) is 2.79. The molecule has 2 rings (SSSR count). The summed E-state index contributed by atoms with van der Waals surface area (Å²) in [6.45, 7) is 5.36. The number of piperazine rings is 1. The molecule has 0 amide bonds. The number of aromatic hydroxyl groups is 1. The molecule has 1 fully saturated rings. The summed E-state index contributed by atoms with van der Waals surface area (Å²) < 4.78 is 27.1. The lowest BCUT2D eigenvalue weighted by Gasteiger charge is -2.35. The molecule has 1 saturated heterocycles. The van der Waals surface area contributed by atoms with Gasteiger partial charge < -0.3 is 10.4 Å². The lowest BCUT2D eigenvalue weighted by molar-refractivity contribution is 0.166. The van der Waals surface area contributed by atoms with Crippen LogP contribution in [0.3, 0.4) is 0 Å². The summed E-state index contributed by atoms with van der Waals surface area (Å²) in [4.78, 5) is 2.18. The van der Waals surface area contributed by atoms with Crippen molar-refractivity contribution in [2.24, 2.45) is 0 Å². The zero-order valence-corrected chi connectivity index (χ0v) is 12.3. The van der Waals surface area contributed by atoms with Crippen molar-refractivity contribution in [1.29, 1.82) is 0 Å². The maximum Gasteiger partial charge on any atom is 0.201 e. The van der Waals surface area contributed by atoms with E-state index in [4.69, 9.17) is 0 Å². The van der Waals surface area contributed by atoms with Crippen molar-refractivity contribution in [2.45, 2.75) is 19.4 Å². The van der Waals surface area contributed by atoms with Crippen LogP contribution in [0.15, 0.2) is 10.5 Å². The van der Waals surface area contributed by atoms with Crippen molar-refractivity contribution in [3.8, 4) is 5.75 Å². The second kappa shape index (κ2) is 6.15. The van der Waals surface area contributed by atoms with Crippen molar-refractivity contribution in [3.05, 3.63) is 27.7 Å². The minimum Gasteiger partial charge on any atom is -0.505 e. The average Bonchev–Trinajstić information content (AvgIpc) is 2.44. The molecule has 0 unspecified atom stereocenters. The molecule has 3 nitrogen and oxygen atoms in total. The summed E-state index contributed by atoms with van der Waals surface area (Å²) in [5.41, 5.74) is 0.440. The van der Waals surface area contributed by atoms with Crippen LogP contribution in [0.4, 0.5) is 8.78 Å². The third-order valence-corrected chi connectivity index (χ3v) is 4.08. The van der Waals surface area contributed by atoms with Crippen LogP contribution in [0.1, 0.15) is 24.9 Å². The molecule has 0 saturated carbocycles. The van der Waals surface area contributed by atoms with Crippen LogP contribution >= 0.6 is 15.9 Å². The fourth-order valence-electron chi connectivity index (χ4n) is 2.53.